The molecule has 3 N–H and O–H groups in total. The van der Waals surface area contributed by atoms with Gasteiger partial charge in [0.15, 0.2) is 5.82 Å². The van der Waals surface area contributed by atoms with Crippen molar-refractivity contribution in [1.29, 1.82) is 0 Å². The zero-order valence-electron chi connectivity index (χ0n) is 9.78. The molecule has 0 aliphatic rings. The van der Waals surface area contributed by atoms with Gasteiger partial charge in [0.05, 0.1) is 10.6 Å². The van der Waals surface area contributed by atoms with Crippen molar-refractivity contribution in [3.63, 3.8) is 0 Å². The molecule has 2 aromatic rings. The minimum atomic E-state index is -4.34. The lowest BCUT2D eigenvalue weighted by atomic mass is 10.2. The van der Waals surface area contributed by atoms with E-state index in [1.165, 1.54) is 0 Å². The van der Waals surface area contributed by atoms with Gasteiger partial charge in [-0.05, 0) is 0 Å². The number of anilines is 2. The second-order valence-electron chi connectivity index (χ2n) is 3.55. The molecule has 0 atom stereocenters. The Hall–Kier alpha value is -2.41. The molecule has 21 heavy (non-hydrogen) atoms. The van der Waals surface area contributed by atoms with E-state index in [9.17, 15) is 27.3 Å². The number of nitrogens with one attached hydrogen (secondary N) is 1. The first-order valence-electron chi connectivity index (χ1n) is 4.96. The lowest BCUT2D eigenvalue weighted by molar-refractivity contribution is -0.387. The summed E-state index contributed by atoms with van der Waals surface area (Å²) in [5, 5.41) is 16.9. The summed E-state index contributed by atoms with van der Waals surface area (Å²) in [6.45, 7) is 0. The van der Waals surface area contributed by atoms with Crippen LogP contribution < -0.4 is 10.5 Å². The second-order valence-corrected chi connectivity index (χ2v) is 6.42. The Labute approximate surface area is 119 Å². The van der Waals surface area contributed by atoms with E-state index in [-0.39, 0.29) is 11.2 Å². The Balaban J connectivity index is 2.44. The Morgan fingerprint density at radius 1 is 1.29 bits per heavy atom. The first kappa shape index (κ1) is 15.0. The van der Waals surface area contributed by atoms with Crippen LogP contribution in [0.25, 0.3) is 0 Å². The molecule has 9 nitrogen and oxygen atoms in total. The lowest BCUT2D eigenvalue weighted by Gasteiger charge is -2.06. The zero-order chi connectivity index (χ0) is 15.8. The summed E-state index contributed by atoms with van der Waals surface area (Å²) >= 11 is 0.508. The van der Waals surface area contributed by atoms with Gasteiger partial charge in [0.2, 0.25) is 10.9 Å². The molecule has 0 amide bonds. The van der Waals surface area contributed by atoms with Crippen LogP contribution in [0.15, 0.2) is 16.5 Å². The number of hydrogen-bond acceptors (Lipinski definition) is 8. The number of benzene rings is 1. The van der Waals surface area contributed by atoms with Crippen molar-refractivity contribution in [1.82, 2.24) is 10.2 Å². The van der Waals surface area contributed by atoms with Gasteiger partial charge in [-0.15, -0.1) is 10.2 Å². The van der Waals surface area contributed by atoms with Gasteiger partial charge in [0, 0.05) is 12.1 Å². The highest BCUT2D eigenvalue weighted by Crippen LogP contribution is 2.27. The molecule has 112 valence electrons. The number of sulfonamides is 1. The Bertz CT molecular complexity index is 822. The molecule has 0 aliphatic heterocycles. The fraction of sp³-hybridized carbons (Fsp3) is 0. The molecule has 2 rings (SSSR count). The van der Waals surface area contributed by atoms with Crippen molar-refractivity contribution in [3.05, 3.63) is 33.9 Å². The molecule has 0 saturated heterocycles. The highest BCUT2D eigenvalue weighted by molar-refractivity contribution is 7.94. The standard InChI is InChI=1S/C8H5F2N5O4S2/c9-3-1-4(10)6(15(16)17)2-5(3)14-21(18,19)8-13-12-7(11)20-8/h1-2,14H,(H2,11,12). The van der Waals surface area contributed by atoms with Crippen LogP contribution in [-0.2, 0) is 10.0 Å². The third-order valence-electron chi connectivity index (χ3n) is 2.13. The molecule has 0 saturated carbocycles. The van der Waals surface area contributed by atoms with Crippen LogP contribution in [-0.4, -0.2) is 23.5 Å². The number of nitro groups is 1. The average molecular weight is 337 g/mol. The van der Waals surface area contributed by atoms with Crippen LogP contribution in [0.2, 0.25) is 0 Å². The number of nitrogens with two attached hydrogens (primary N) is 1. The summed E-state index contributed by atoms with van der Waals surface area (Å²) in [7, 11) is -4.34. The van der Waals surface area contributed by atoms with Crippen molar-refractivity contribution < 1.29 is 22.1 Å². The summed E-state index contributed by atoms with van der Waals surface area (Å²) in [5.41, 5.74) is 3.35. The Morgan fingerprint density at radius 2 is 1.95 bits per heavy atom. The van der Waals surface area contributed by atoms with Crippen molar-refractivity contribution >= 4 is 37.9 Å². The topological polar surface area (TPSA) is 141 Å². The minimum Gasteiger partial charge on any atom is -0.374 e. The van der Waals surface area contributed by atoms with Gasteiger partial charge in [-0.3, -0.25) is 14.8 Å². The summed E-state index contributed by atoms with van der Waals surface area (Å²) < 4.78 is 51.5. The van der Waals surface area contributed by atoms with Gasteiger partial charge in [0.1, 0.15) is 0 Å². The molecule has 0 aliphatic carbocycles. The SMILES string of the molecule is Nc1nnc(S(=O)(=O)Nc2cc([N+](=O)[O-])c(F)cc2F)s1. The van der Waals surface area contributed by atoms with Gasteiger partial charge in [-0.25, -0.2) is 4.39 Å². The maximum atomic E-state index is 13.5. The number of nitrogens with zero attached hydrogens (tertiary/aromatic N) is 3. The molecule has 1 heterocycles. The van der Waals surface area contributed by atoms with Crippen molar-refractivity contribution in [2.45, 2.75) is 4.34 Å². The molecular formula is C8H5F2N5O4S2. The van der Waals surface area contributed by atoms with E-state index >= 15 is 0 Å². The molecule has 0 unspecified atom stereocenters. The molecule has 0 fully saturated rings. The van der Waals surface area contributed by atoms with Crippen molar-refractivity contribution in [3.8, 4) is 0 Å². The summed E-state index contributed by atoms with van der Waals surface area (Å²) in [4.78, 5) is 9.44. The molecule has 0 spiro atoms. The summed E-state index contributed by atoms with van der Waals surface area (Å²) in [6, 6.07) is 0.622. The van der Waals surface area contributed by atoms with Crippen LogP contribution in [0.1, 0.15) is 0 Å². The maximum absolute atomic E-state index is 13.5. The first-order chi connectivity index (χ1) is 9.70. The number of hydrogen-bond donors (Lipinski definition) is 2. The van der Waals surface area contributed by atoms with Crippen molar-refractivity contribution in [2.75, 3.05) is 10.5 Å². The van der Waals surface area contributed by atoms with Gasteiger partial charge < -0.3 is 5.73 Å². The van der Waals surface area contributed by atoms with Gasteiger partial charge in [-0.1, -0.05) is 11.3 Å². The van der Waals surface area contributed by atoms with E-state index in [0.717, 1.165) is 0 Å². The highest BCUT2D eigenvalue weighted by atomic mass is 32.2. The molecule has 1 aromatic carbocycles. The molecule has 0 bridgehead atoms. The van der Waals surface area contributed by atoms with Crippen LogP contribution >= 0.6 is 11.3 Å². The van der Waals surface area contributed by atoms with Gasteiger partial charge in [-0.2, -0.15) is 12.8 Å². The fourth-order valence-corrected chi connectivity index (χ4v) is 3.12. The number of aromatic nitrogens is 2. The van der Waals surface area contributed by atoms with Gasteiger partial charge >= 0.3 is 5.69 Å². The monoisotopic (exact) mass is 337 g/mol. The maximum Gasteiger partial charge on any atom is 0.307 e. The van der Waals surface area contributed by atoms with E-state index in [1.807, 2.05) is 0 Å². The van der Waals surface area contributed by atoms with Crippen LogP contribution in [0, 0.1) is 21.7 Å². The predicted molar refractivity (Wildman–Crippen MR) is 68.1 cm³/mol. The summed E-state index contributed by atoms with van der Waals surface area (Å²) in [5.74, 6) is -2.75. The quantitative estimate of drug-likeness (QED) is 0.628. The Morgan fingerprint density at radius 3 is 2.48 bits per heavy atom. The van der Waals surface area contributed by atoms with Crippen LogP contribution in [0.4, 0.5) is 25.3 Å². The minimum absolute atomic E-state index is 0.138. The third-order valence-corrected chi connectivity index (χ3v) is 4.61. The fourth-order valence-electron chi connectivity index (χ4n) is 1.27. The molecule has 1 aromatic heterocycles. The molecule has 0 radical (unpaired) electrons. The van der Waals surface area contributed by atoms with Gasteiger partial charge in [0.25, 0.3) is 14.4 Å². The van der Waals surface area contributed by atoms with Crippen LogP contribution in [0.5, 0.6) is 0 Å². The van der Waals surface area contributed by atoms with E-state index in [1.54, 1.807) is 4.72 Å². The summed E-state index contributed by atoms with van der Waals surface area (Å²) in [6.07, 6.45) is 0. The van der Waals surface area contributed by atoms with E-state index in [4.69, 9.17) is 5.73 Å². The number of nitrogen functional groups attached to an aromatic ring is 1. The van der Waals surface area contributed by atoms with E-state index in [0.29, 0.717) is 17.4 Å². The zero-order valence-corrected chi connectivity index (χ0v) is 11.4. The number of rotatable bonds is 4. The van der Waals surface area contributed by atoms with Crippen molar-refractivity contribution in [2.24, 2.45) is 0 Å². The van der Waals surface area contributed by atoms with E-state index < -0.39 is 42.3 Å². The molecule has 13 heteroatoms. The Kier molecular flexibility index (Phi) is 3.69. The van der Waals surface area contributed by atoms with E-state index in [2.05, 4.69) is 10.2 Å². The predicted octanol–water partition coefficient (Wildman–Crippen LogP) is 1.11. The molecular weight excluding hydrogens is 332 g/mol. The largest absolute Gasteiger partial charge is 0.374 e. The highest BCUT2D eigenvalue weighted by Gasteiger charge is 2.24. The lowest BCUT2D eigenvalue weighted by Crippen LogP contribution is -2.14. The first-order valence-corrected chi connectivity index (χ1v) is 7.26. The normalized spacial score (nSPS) is 11.3. The van der Waals surface area contributed by atoms with Crippen LogP contribution in [0.3, 0.4) is 0 Å². The number of nitro benzene ring substituents is 1. The third kappa shape index (κ3) is 3.03. The second kappa shape index (κ2) is 5.17. The number of halogens is 2. The smallest absolute Gasteiger partial charge is 0.307 e. The average Bonchev–Trinajstić information content (AvgIpc) is 2.79.